The van der Waals surface area contributed by atoms with Crippen LogP contribution < -0.4 is 10.5 Å². The van der Waals surface area contributed by atoms with Crippen molar-refractivity contribution in [2.75, 3.05) is 31.1 Å². The number of rotatable bonds is 7. The summed E-state index contributed by atoms with van der Waals surface area (Å²) in [5, 5.41) is 3.30. The van der Waals surface area contributed by atoms with E-state index in [0.29, 0.717) is 23.8 Å². The first kappa shape index (κ1) is 24.2. The van der Waals surface area contributed by atoms with Gasteiger partial charge in [0.25, 0.3) is 5.91 Å². The zero-order chi connectivity index (χ0) is 25.4. The predicted molar refractivity (Wildman–Crippen MR) is 149 cm³/mol. The van der Waals surface area contributed by atoms with Gasteiger partial charge in [0.05, 0.1) is 10.2 Å². The van der Waals surface area contributed by atoms with Crippen molar-refractivity contribution in [1.29, 1.82) is 0 Å². The number of likely N-dealkylation sites (N-methyl/N-ethyl adjacent to an activating group) is 1. The van der Waals surface area contributed by atoms with Gasteiger partial charge in [-0.1, -0.05) is 61.6 Å². The summed E-state index contributed by atoms with van der Waals surface area (Å²) in [5.41, 5.74) is 2.96. The number of anilines is 1. The molecule has 36 heavy (non-hydrogen) atoms. The Morgan fingerprint density at radius 3 is 2.53 bits per heavy atom. The molecule has 0 spiro atoms. The van der Waals surface area contributed by atoms with Gasteiger partial charge in [-0.05, 0) is 67.0 Å². The number of carbonyl (C=O) groups is 1. The highest BCUT2D eigenvalue weighted by atomic mass is 32.1. The maximum atomic E-state index is 14.0. The maximum absolute atomic E-state index is 14.0. The molecule has 7 heteroatoms. The largest absolute Gasteiger partial charge is 0.422 e. The van der Waals surface area contributed by atoms with Gasteiger partial charge >= 0.3 is 5.63 Å². The van der Waals surface area contributed by atoms with Crippen LogP contribution >= 0.6 is 11.3 Å². The number of aromatic nitrogens is 1. The first-order chi connectivity index (χ1) is 17.4. The van der Waals surface area contributed by atoms with Gasteiger partial charge in [0.2, 0.25) is 0 Å². The molecule has 184 valence electrons. The first-order valence-corrected chi connectivity index (χ1v) is 13.1. The van der Waals surface area contributed by atoms with Crippen LogP contribution in [-0.4, -0.2) is 42.0 Å². The van der Waals surface area contributed by atoms with E-state index in [-0.39, 0.29) is 11.5 Å². The Labute approximate surface area is 213 Å². The average molecular weight is 500 g/mol. The van der Waals surface area contributed by atoms with Crippen LogP contribution in [0.5, 0.6) is 0 Å². The molecular weight excluding hydrogens is 470 g/mol. The Hall–Kier alpha value is -3.55. The van der Waals surface area contributed by atoms with Gasteiger partial charge in [0.1, 0.15) is 11.1 Å². The summed E-state index contributed by atoms with van der Waals surface area (Å²) in [6.45, 7) is 11.1. The van der Waals surface area contributed by atoms with Crippen LogP contribution in [0.15, 0.2) is 63.8 Å². The van der Waals surface area contributed by atoms with E-state index in [9.17, 15) is 9.59 Å². The Kier molecular flexibility index (Phi) is 6.60. The van der Waals surface area contributed by atoms with E-state index in [1.165, 1.54) is 11.3 Å². The van der Waals surface area contributed by atoms with Gasteiger partial charge in [0.15, 0.2) is 5.13 Å². The van der Waals surface area contributed by atoms with Gasteiger partial charge in [0, 0.05) is 18.5 Å². The highest BCUT2D eigenvalue weighted by Crippen LogP contribution is 2.33. The smallest absolute Gasteiger partial charge is 0.349 e. The molecule has 1 amide bonds. The van der Waals surface area contributed by atoms with Crippen LogP contribution in [0, 0.1) is 13.8 Å². The lowest BCUT2D eigenvalue weighted by Crippen LogP contribution is -2.40. The van der Waals surface area contributed by atoms with Gasteiger partial charge in [-0.15, -0.1) is 0 Å². The Morgan fingerprint density at radius 1 is 0.972 bits per heavy atom. The van der Waals surface area contributed by atoms with Gasteiger partial charge in [-0.2, -0.15) is 0 Å². The number of carbonyl (C=O) groups excluding carboxylic acids is 1. The molecule has 0 aliphatic heterocycles. The lowest BCUT2D eigenvalue weighted by molar-refractivity contribution is 0.0980. The van der Waals surface area contributed by atoms with Crippen molar-refractivity contribution >= 4 is 54.3 Å². The first-order valence-electron chi connectivity index (χ1n) is 12.3. The summed E-state index contributed by atoms with van der Waals surface area (Å²) in [6.07, 6.45) is 0. The summed E-state index contributed by atoms with van der Waals surface area (Å²) < 4.78 is 6.67. The number of fused-ring (bicyclic) bond motifs is 4. The summed E-state index contributed by atoms with van der Waals surface area (Å²) in [7, 11) is 0. The van der Waals surface area contributed by atoms with Crippen LogP contribution in [0.25, 0.3) is 32.0 Å². The van der Waals surface area contributed by atoms with Crippen LogP contribution in [0.2, 0.25) is 0 Å². The van der Waals surface area contributed by atoms with Crippen molar-refractivity contribution < 1.29 is 9.21 Å². The molecule has 6 nitrogen and oxygen atoms in total. The second kappa shape index (κ2) is 9.84. The highest BCUT2D eigenvalue weighted by molar-refractivity contribution is 7.22. The molecule has 0 N–H and O–H groups in total. The van der Waals surface area contributed by atoms with Crippen molar-refractivity contribution in [3.63, 3.8) is 0 Å². The molecule has 0 saturated carbocycles. The molecule has 5 rings (SSSR count). The molecule has 0 aliphatic rings. The molecule has 0 fully saturated rings. The SMILES string of the molecule is CCN(CC)CCN(C(=O)c1cc2c(ccc3ccccc32)oc1=O)c1nc2c(C)cc(C)cc2s1. The molecule has 0 unspecified atom stereocenters. The third-order valence-electron chi connectivity index (χ3n) is 6.70. The molecular formula is C29H29N3O3S. The van der Waals surface area contributed by atoms with E-state index in [2.05, 4.69) is 37.8 Å². The zero-order valence-electron chi connectivity index (χ0n) is 21.0. The lowest BCUT2D eigenvalue weighted by atomic mass is 10.0. The lowest BCUT2D eigenvalue weighted by Gasteiger charge is -2.24. The minimum Gasteiger partial charge on any atom is -0.422 e. The third kappa shape index (κ3) is 4.40. The number of nitrogens with zero attached hydrogens (tertiary/aromatic N) is 3. The highest BCUT2D eigenvalue weighted by Gasteiger charge is 2.26. The molecule has 0 aliphatic carbocycles. The quantitative estimate of drug-likeness (QED) is 0.198. The topological polar surface area (TPSA) is 66.7 Å². The van der Waals surface area contributed by atoms with E-state index < -0.39 is 5.63 Å². The van der Waals surface area contributed by atoms with E-state index >= 15 is 0 Å². The normalized spacial score (nSPS) is 11.7. The number of aryl methyl sites for hydroxylation is 2. The summed E-state index contributed by atoms with van der Waals surface area (Å²) >= 11 is 1.48. The summed E-state index contributed by atoms with van der Waals surface area (Å²) in [6, 6.07) is 17.4. The van der Waals surface area contributed by atoms with Crippen LogP contribution in [0.4, 0.5) is 5.13 Å². The second-order valence-corrected chi connectivity index (χ2v) is 10.1. The number of thiazole rings is 1. The van der Waals surface area contributed by atoms with E-state index in [1.54, 1.807) is 17.0 Å². The van der Waals surface area contributed by atoms with Crippen molar-refractivity contribution in [2.45, 2.75) is 27.7 Å². The zero-order valence-corrected chi connectivity index (χ0v) is 21.8. The predicted octanol–water partition coefficient (Wildman–Crippen LogP) is 6.16. The number of benzene rings is 3. The van der Waals surface area contributed by atoms with E-state index in [1.807, 2.05) is 37.3 Å². The summed E-state index contributed by atoms with van der Waals surface area (Å²) in [5.74, 6) is -0.390. The fraction of sp³-hybridized carbons (Fsp3) is 0.276. The van der Waals surface area contributed by atoms with E-state index in [4.69, 9.17) is 9.40 Å². The molecule has 3 aromatic carbocycles. The Morgan fingerprint density at radius 2 is 1.75 bits per heavy atom. The standard InChI is InChI=1S/C29H29N3O3S/c1-5-31(6-2)13-14-32(29-30-26-19(4)15-18(3)16-25(26)36-29)27(33)23-17-22-21-10-8-7-9-20(21)11-12-24(22)35-28(23)34/h7-12,15-17H,5-6,13-14H2,1-4H3. The maximum Gasteiger partial charge on any atom is 0.349 e. The Bertz CT molecular complexity index is 1650. The minimum absolute atomic E-state index is 0.0190. The van der Waals surface area contributed by atoms with E-state index in [0.717, 1.165) is 50.6 Å². The van der Waals surface area contributed by atoms with Crippen molar-refractivity contribution in [1.82, 2.24) is 9.88 Å². The van der Waals surface area contributed by atoms with Gasteiger partial charge in [-0.25, -0.2) is 9.78 Å². The molecule has 0 atom stereocenters. The van der Waals surface area contributed by atoms with Gasteiger partial charge in [-0.3, -0.25) is 9.69 Å². The number of hydrogen-bond acceptors (Lipinski definition) is 6. The van der Waals surface area contributed by atoms with Crippen molar-refractivity contribution in [3.05, 3.63) is 81.7 Å². The fourth-order valence-corrected chi connectivity index (χ4v) is 5.87. The third-order valence-corrected chi connectivity index (χ3v) is 7.73. The fourth-order valence-electron chi connectivity index (χ4n) is 4.71. The van der Waals surface area contributed by atoms with Crippen LogP contribution in [0.3, 0.4) is 0 Å². The number of hydrogen-bond donors (Lipinski definition) is 0. The summed E-state index contributed by atoms with van der Waals surface area (Å²) in [4.78, 5) is 35.7. The Balaban J connectivity index is 1.63. The average Bonchev–Trinajstić information content (AvgIpc) is 3.30. The molecule has 5 aromatic rings. The van der Waals surface area contributed by atoms with Crippen LogP contribution in [-0.2, 0) is 0 Å². The molecule has 2 aromatic heterocycles. The molecule has 0 bridgehead atoms. The van der Waals surface area contributed by atoms with Crippen LogP contribution in [0.1, 0.15) is 35.3 Å². The monoisotopic (exact) mass is 499 g/mol. The minimum atomic E-state index is -0.635. The molecule has 0 radical (unpaired) electrons. The van der Waals surface area contributed by atoms with Crippen molar-refractivity contribution in [3.8, 4) is 0 Å². The molecule has 0 saturated heterocycles. The van der Waals surface area contributed by atoms with Gasteiger partial charge < -0.3 is 9.32 Å². The second-order valence-electron chi connectivity index (χ2n) is 9.05. The van der Waals surface area contributed by atoms with Crippen molar-refractivity contribution in [2.24, 2.45) is 0 Å². The molecule has 2 heterocycles. The number of amides is 1.